The molecule has 0 aliphatic heterocycles. The van der Waals surface area contributed by atoms with Crippen molar-refractivity contribution in [2.45, 2.75) is 27.7 Å². The number of nitrogens with two attached hydrogens (primary N) is 1. The highest BCUT2D eigenvalue weighted by Crippen LogP contribution is 2.27. The Morgan fingerprint density at radius 3 is 2.20 bits per heavy atom. The van der Waals surface area contributed by atoms with E-state index < -0.39 is 0 Å². The molecule has 0 aliphatic rings. The van der Waals surface area contributed by atoms with Crippen LogP contribution in [-0.4, -0.2) is 20.1 Å². The van der Waals surface area contributed by atoms with Crippen molar-refractivity contribution in [3.63, 3.8) is 0 Å². The first-order valence-corrected chi connectivity index (χ1v) is 5.47. The molecule has 2 N–H and O–H groups in total. The normalized spacial score (nSPS) is 10.5. The van der Waals surface area contributed by atoms with Crippen LogP contribution in [0.15, 0.2) is 6.07 Å². The standard InChI is InChI=1S/C13H22N2/c1-9-8-13(15(5)7-6-14)12(4)11(3)10(9)2/h8H,6-7,14H2,1-5H3. The zero-order valence-electron chi connectivity index (χ0n) is 10.5. The molecule has 0 aliphatic carbocycles. The lowest BCUT2D eigenvalue weighted by Gasteiger charge is -2.23. The molecule has 84 valence electrons. The largest absolute Gasteiger partial charge is 0.373 e. The van der Waals surface area contributed by atoms with Gasteiger partial charge in [-0.25, -0.2) is 0 Å². The Labute approximate surface area is 93.1 Å². The molecule has 1 aromatic carbocycles. The molecule has 0 aromatic heterocycles. The number of hydrogen-bond acceptors (Lipinski definition) is 2. The van der Waals surface area contributed by atoms with Gasteiger partial charge in [0.2, 0.25) is 0 Å². The third-order valence-corrected chi connectivity index (χ3v) is 3.33. The average molecular weight is 206 g/mol. The van der Waals surface area contributed by atoms with Crippen LogP contribution >= 0.6 is 0 Å². The number of benzene rings is 1. The number of hydrogen-bond donors (Lipinski definition) is 1. The molecule has 1 rings (SSSR count). The molecule has 0 fully saturated rings. The summed E-state index contributed by atoms with van der Waals surface area (Å²) in [5.74, 6) is 0. The summed E-state index contributed by atoms with van der Waals surface area (Å²) >= 11 is 0. The first-order chi connectivity index (χ1) is 6.99. The number of nitrogens with zero attached hydrogens (tertiary/aromatic N) is 1. The Morgan fingerprint density at radius 2 is 1.67 bits per heavy atom. The van der Waals surface area contributed by atoms with Gasteiger partial charge in [-0.2, -0.15) is 0 Å². The lowest BCUT2D eigenvalue weighted by Crippen LogP contribution is -2.26. The molecule has 0 spiro atoms. The first kappa shape index (κ1) is 12.1. The molecule has 1 aromatic rings. The number of aryl methyl sites for hydroxylation is 1. The maximum Gasteiger partial charge on any atom is 0.0399 e. The van der Waals surface area contributed by atoms with E-state index in [-0.39, 0.29) is 0 Å². The van der Waals surface area contributed by atoms with E-state index in [1.54, 1.807) is 0 Å². The minimum atomic E-state index is 0.696. The van der Waals surface area contributed by atoms with Crippen molar-refractivity contribution in [3.8, 4) is 0 Å². The molecular formula is C13H22N2. The molecule has 0 amide bonds. The van der Waals surface area contributed by atoms with Gasteiger partial charge in [0, 0.05) is 25.8 Å². The van der Waals surface area contributed by atoms with Gasteiger partial charge in [-0.1, -0.05) is 0 Å². The van der Waals surface area contributed by atoms with Crippen molar-refractivity contribution in [1.29, 1.82) is 0 Å². The van der Waals surface area contributed by atoms with Crippen LogP contribution in [0, 0.1) is 27.7 Å². The maximum absolute atomic E-state index is 5.58. The van der Waals surface area contributed by atoms with Crippen LogP contribution in [0.2, 0.25) is 0 Å². The number of rotatable bonds is 3. The molecule has 0 atom stereocenters. The topological polar surface area (TPSA) is 29.3 Å². The highest BCUT2D eigenvalue weighted by atomic mass is 15.1. The van der Waals surface area contributed by atoms with Crippen molar-refractivity contribution in [1.82, 2.24) is 0 Å². The van der Waals surface area contributed by atoms with E-state index >= 15 is 0 Å². The van der Waals surface area contributed by atoms with E-state index in [0.29, 0.717) is 6.54 Å². The van der Waals surface area contributed by atoms with Gasteiger partial charge in [0.15, 0.2) is 0 Å². The molecular weight excluding hydrogens is 184 g/mol. The summed E-state index contributed by atoms with van der Waals surface area (Å²) < 4.78 is 0. The van der Waals surface area contributed by atoms with Gasteiger partial charge in [0.25, 0.3) is 0 Å². The average Bonchev–Trinajstić information content (AvgIpc) is 2.20. The predicted molar refractivity (Wildman–Crippen MR) is 67.7 cm³/mol. The van der Waals surface area contributed by atoms with E-state index in [9.17, 15) is 0 Å². The van der Waals surface area contributed by atoms with Crippen LogP contribution in [0.25, 0.3) is 0 Å². The molecule has 2 heteroatoms. The number of likely N-dealkylation sites (N-methyl/N-ethyl adjacent to an activating group) is 1. The first-order valence-electron chi connectivity index (χ1n) is 5.47. The van der Waals surface area contributed by atoms with Crippen molar-refractivity contribution >= 4 is 5.69 Å². The second-order valence-electron chi connectivity index (χ2n) is 4.30. The van der Waals surface area contributed by atoms with E-state index in [1.165, 1.54) is 27.9 Å². The van der Waals surface area contributed by atoms with Crippen LogP contribution in [0.3, 0.4) is 0 Å². The highest BCUT2D eigenvalue weighted by Gasteiger charge is 2.09. The van der Waals surface area contributed by atoms with Gasteiger partial charge >= 0.3 is 0 Å². The quantitative estimate of drug-likeness (QED) is 0.822. The van der Waals surface area contributed by atoms with Crippen molar-refractivity contribution < 1.29 is 0 Å². The summed E-state index contributed by atoms with van der Waals surface area (Å²) in [5, 5.41) is 0. The van der Waals surface area contributed by atoms with E-state index in [4.69, 9.17) is 5.73 Å². The zero-order valence-corrected chi connectivity index (χ0v) is 10.5. The Balaban J connectivity index is 3.19. The molecule has 0 heterocycles. The molecule has 15 heavy (non-hydrogen) atoms. The lowest BCUT2D eigenvalue weighted by molar-refractivity contribution is 0.879. The Morgan fingerprint density at radius 1 is 1.07 bits per heavy atom. The van der Waals surface area contributed by atoms with Gasteiger partial charge in [-0.15, -0.1) is 0 Å². The summed E-state index contributed by atoms with van der Waals surface area (Å²) in [6.45, 7) is 10.3. The van der Waals surface area contributed by atoms with Crippen LogP contribution in [-0.2, 0) is 0 Å². The minimum absolute atomic E-state index is 0.696. The second-order valence-corrected chi connectivity index (χ2v) is 4.30. The van der Waals surface area contributed by atoms with Gasteiger partial charge in [0.05, 0.1) is 0 Å². The molecule has 0 radical (unpaired) electrons. The fourth-order valence-corrected chi connectivity index (χ4v) is 1.90. The Hall–Kier alpha value is -1.02. The van der Waals surface area contributed by atoms with Gasteiger partial charge in [0.1, 0.15) is 0 Å². The minimum Gasteiger partial charge on any atom is -0.373 e. The zero-order chi connectivity index (χ0) is 11.6. The SMILES string of the molecule is Cc1cc(N(C)CCN)c(C)c(C)c1C. The molecule has 0 saturated carbocycles. The van der Waals surface area contributed by atoms with E-state index in [2.05, 4.69) is 45.7 Å². The van der Waals surface area contributed by atoms with Crippen LogP contribution < -0.4 is 10.6 Å². The van der Waals surface area contributed by atoms with Gasteiger partial charge in [-0.3, -0.25) is 0 Å². The summed E-state index contributed by atoms with van der Waals surface area (Å²) in [6, 6.07) is 2.26. The summed E-state index contributed by atoms with van der Waals surface area (Å²) in [4.78, 5) is 2.23. The summed E-state index contributed by atoms with van der Waals surface area (Å²) in [6.07, 6.45) is 0. The number of anilines is 1. The molecule has 0 saturated heterocycles. The van der Waals surface area contributed by atoms with Crippen molar-refractivity contribution in [2.24, 2.45) is 5.73 Å². The van der Waals surface area contributed by atoms with Gasteiger partial charge < -0.3 is 10.6 Å². The Kier molecular flexibility index (Phi) is 3.75. The fraction of sp³-hybridized carbons (Fsp3) is 0.538. The molecule has 2 nitrogen and oxygen atoms in total. The summed E-state index contributed by atoms with van der Waals surface area (Å²) in [7, 11) is 2.10. The Bertz CT molecular complexity index is 356. The third kappa shape index (κ3) is 2.32. The van der Waals surface area contributed by atoms with Crippen molar-refractivity contribution in [2.75, 3.05) is 25.0 Å². The maximum atomic E-state index is 5.58. The van der Waals surface area contributed by atoms with E-state index in [1.807, 2.05) is 0 Å². The van der Waals surface area contributed by atoms with Crippen LogP contribution in [0.5, 0.6) is 0 Å². The van der Waals surface area contributed by atoms with Crippen LogP contribution in [0.1, 0.15) is 22.3 Å². The molecule has 0 unspecified atom stereocenters. The van der Waals surface area contributed by atoms with Gasteiger partial charge in [-0.05, 0) is 56.0 Å². The predicted octanol–water partition coefficient (Wildman–Crippen LogP) is 2.32. The monoisotopic (exact) mass is 206 g/mol. The lowest BCUT2D eigenvalue weighted by atomic mass is 9.97. The fourth-order valence-electron chi connectivity index (χ4n) is 1.90. The van der Waals surface area contributed by atoms with Crippen LogP contribution in [0.4, 0.5) is 5.69 Å². The summed E-state index contributed by atoms with van der Waals surface area (Å²) in [5.41, 5.74) is 12.4. The third-order valence-electron chi connectivity index (χ3n) is 3.33. The highest BCUT2D eigenvalue weighted by molar-refractivity contribution is 5.60. The van der Waals surface area contributed by atoms with E-state index in [0.717, 1.165) is 6.54 Å². The smallest absolute Gasteiger partial charge is 0.0399 e. The van der Waals surface area contributed by atoms with Crippen molar-refractivity contribution in [3.05, 3.63) is 28.3 Å². The second kappa shape index (κ2) is 4.67. The molecule has 0 bridgehead atoms.